The predicted octanol–water partition coefficient (Wildman–Crippen LogP) is 2.14. The number of hydrogen-bond acceptors (Lipinski definition) is 2. The Morgan fingerprint density at radius 1 is 1.08 bits per heavy atom. The SMILES string of the molecule is CCCCCCCCNCC=O. The minimum atomic E-state index is 0.509. The molecule has 0 saturated heterocycles. The molecule has 0 spiro atoms. The summed E-state index contributed by atoms with van der Waals surface area (Å²) in [4.78, 5) is 9.92. The van der Waals surface area contributed by atoms with Gasteiger partial charge >= 0.3 is 0 Å². The number of aldehydes is 1. The molecule has 0 aromatic heterocycles. The van der Waals surface area contributed by atoms with E-state index in [0.29, 0.717) is 6.54 Å². The Balaban J connectivity index is 2.77. The number of carbonyl (C=O) groups is 1. The van der Waals surface area contributed by atoms with Gasteiger partial charge in [0, 0.05) is 0 Å². The first kappa shape index (κ1) is 11.6. The van der Waals surface area contributed by atoms with Crippen molar-refractivity contribution in [2.75, 3.05) is 13.1 Å². The maximum Gasteiger partial charge on any atom is 0.133 e. The average molecular weight is 171 g/mol. The van der Waals surface area contributed by atoms with Crippen molar-refractivity contribution in [2.45, 2.75) is 45.4 Å². The lowest BCUT2D eigenvalue weighted by atomic mass is 10.1. The molecule has 0 aromatic carbocycles. The third-order valence-corrected chi connectivity index (χ3v) is 1.93. The lowest BCUT2D eigenvalue weighted by molar-refractivity contribution is -0.107. The number of unbranched alkanes of at least 4 members (excludes halogenated alkanes) is 5. The van der Waals surface area contributed by atoms with Crippen LogP contribution in [0.3, 0.4) is 0 Å². The Bertz CT molecular complexity index is 93.8. The van der Waals surface area contributed by atoms with Crippen LogP contribution in [-0.4, -0.2) is 19.4 Å². The van der Waals surface area contributed by atoms with Gasteiger partial charge in [0.15, 0.2) is 0 Å². The monoisotopic (exact) mass is 171 g/mol. The van der Waals surface area contributed by atoms with E-state index in [1.807, 2.05) is 0 Å². The third-order valence-electron chi connectivity index (χ3n) is 1.93. The predicted molar refractivity (Wildman–Crippen MR) is 52.3 cm³/mol. The molecule has 0 fully saturated rings. The Labute approximate surface area is 75.7 Å². The molecule has 0 amide bonds. The normalized spacial score (nSPS) is 10.1. The molecular weight excluding hydrogens is 150 g/mol. The molecule has 72 valence electrons. The molecule has 0 aromatic rings. The fraction of sp³-hybridized carbons (Fsp3) is 0.900. The summed E-state index contributed by atoms with van der Waals surface area (Å²) < 4.78 is 0. The van der Waals surface area contributed by atoms with Gasteiger partial charge in [0.05, 0.1) is 6.54 Å². The molecule has 0 aliphatic heterocycles. The zero-order valence-electron chi connectivity index (χ0n) is 8.14. The standard InChI is InChI=1S/C10H21NO/c1-2-3-4-5-6-7-8-11-9-10-12/h10-11H,2-9H2,1H3. The maximum atomic E-state index is 9.92. The lowest BCUT2D eigenvalue weighted by Gasteiger charge is -2.00. The van der Waals surface area contributed by atoms with Crippen molar-refractivity contribution >= 4 is 6.29 Å². The minimum absolute atomic E-state index is 0.509. The largest absolute Gasteiger partial charge is 0.310 e. The number of carbonyl (C=O) groups excluding carboxylic acids is 1. The van der Waals surface area contributed by atoms with Crippen molar-refractivity contribution in [1.29, 1.82) is 0 Å². The summed E-state index contributed by atoms with van der Waals surface area (Å²) in [6.45, 7) is 3.73. The second-order valence-corrected chi connectivity index (χ2v) is 3.14. The second-order valence-electron chi connectivity index (χ2n) is 3.14. The summed E-state index contributed by atoms with van der Waals surface area (Å²) >= 11 is 0. The van der Waals surface area contributed by atoms with Crippen molar-refractivity contribution in [2.24, 2.45) is 0 Å². The summed E-state index contributed by atoms with van der Waals surface area (Å²) in [5.74, 6) is 0. The molecular formula is C10H21NO. The molecule has 0 aliphatic rings. The summed E-state index contributed by atoms with van der Waals surface area (Å²) in [5, 5.41) is 3.06. The van der Waals surface area contributed by atoms with Crippen molar-refractivity contribution in [3.63, 3.8) is 0 Å². The first-order chi connectivity index (χ1) is 5.91. The fourth-order valence-corrected chi connectivity index (χ4v) is 1.19. The Kier molecular flexibility index (Phi) is 10.3. The molecule has 2 nitrogen and oxygen atoms in total. The van der Waals surface area contributed by atoms with E-state index in [0.717, 1.165) is 12.8 Å². The summed E-state index contributed by atoms with van der Waals surface area (Å²) in [6.07, 6.45) is 8.80. The van der Waals surface area contributed by atoms with Crippen LogP contribution in [0.25, 0.3) is 0 Å². The summed E-state index contributed by atoms with van der Waals surface area (Å²) in [6, 6.07) is 0. The summed E-state index contributed by atoms with van der Waals surface area (Å²) in [5.41, 5.74) is 0. The molecule has 1 N–H and O–H groups in total. The van der Waals surface area contributed by atoms with E-state index in [9.17, 15) is 4.79 Å². The quantitative estimate of drug-likeness (QED) is 0.425. The van der Waals surface area contributed by atoms with Crippen LogP contribution in [0.15, 0.2) is 0 Å². The smallest absolute Gasteiger partial charge is 0.133 e. The van der Waals surface area contributed by atoms with Gasteiger partial charge in [-0.1, -0.05) is 39.0 Å². The van der Waals surface area contributed by atoms with E-state index in [1.165, 1.54) is 38.5 Å². The van der Waals surface area contributed by atoms with Crippen molar-refractivity contribution in [3.8, 4) is 0 Å². The van der Waals surface area contributed by atoms with Gasteiger partial charge in [-0.25, -0.2) is 0 Å². The van der Waals surface area contributed by atoms with Crippen LogP contribution >= 0.6 is 0 Å². The van der Waals surface area contributed by atoms with Gasteiger partial charge in [-0.15, -0.1) is 0 Å². The maximum absolute atomic E-state index is 9.92. The van der Waals surface area contributed by atoms with Crippen LogP contribution in [0.2, 0.25) is 0 Å². The van der Waals surface area contributed by atoms with E-state index in [4.69, 9.17) is 0 Å². The highest BCUT2D eigenvalue weighted by Gasteiger charge is 1.89. The van der Waals surface area contributed by atoms with E-state index in [2.05, 4.69) is 12.2 Å². The molecule has 0 heterocycles. The molecule has 12 heavy (non-hydrogen) atoms. The Morgan fingerprint density at radius 3 is 2.42 bits per heavy atom. The minimum Gasteiger partial charge on any atom is -0.310 e. The molecule has 0 atom stereocenters. The lowest BCUT2D eigenvalue weighted by Crippen LogP contribution is -2.17. The highest BCUT2D eigenvalue weighted by atomic mass is 16.1. The second kappa shape index (κ2) is 10.6. The van der Waals surface area contributed by atoms with E-state index >= 15 is 0 Å². The van der Waals surface area contributed by atoms with Gasteiger partial charge < -0.3 is 10.1 Å². The molecule has 0 aliphatic carbocycles. The number of nitrogens with one attached hydrogen (secondary N) is 1. The van der Waals surface area contributed by atoms with Gasteiger partial charge in [-0.2, -0.15) is 0 Å². The van der Waals surface area contributed by atoms with Crippen LogP contribution in [0.1, 0.15) is 45.4 Å². The van der Waals surface area contributed by atoms with Crippen LogP contribution in [0.5, 0.6) is 0 Å². The van der Waals surface area contributed by atoms with Crippen molar-refractivity contribution < 1.29 is 4.79 Å². The highest BCUT2D eigenvalue weighted by Crippen LogP contribution is 2.03. The van der Waals surface area contributed by atoms with Gasteiger partial charge in [0.2, 0.25) is 0 Å². The average Bonchev–Trinajstić information content (AvgIpc) is 2.10. The molecule has 0 radical (unpaired) electrons. The van der Waals surface area contributed by atoms with E-state index in [-0.39, 0.29) is 0 Å². The first-order valence-corrected chi connectivity index (χ1v) is 5.06. The molecule has 0 rings (SSSR count). The fourth-order valence-electron chi connectivity index (χ4n) is 1.19. The van der Waals surface area contributed by atoms with Gasteiger partial charge in [0.1, 0.15) is 6.29 Å². The van der Waals surface area contributed by atoms with E-state index in [1.54, 1.807) is 0 Å². The van der Waals surface area contributed by atoms with Crippen LogP contribution in [0, 0.1) is 0 Å². The third kappa shape index (κ3) is 9.63. The molecule has 0 bridgehead atoms. The molecule has 2 heteroatoms. The van der Waals surface area contributed by atoms with E-state index < -0.39 is 0 Å². The molecule has 0 unspecified atom stereocenters. The van der Waals surface area contributed by atoms with Gasteiger partial charge in [0.25, 0.3) is 0 Å². The van der Waals surface area contributed by atoms with Gasteiger partial charge in [-0.05, 0) is 13.0 Å². The highest BCUT2D eigenvalue weighted by molar-refractivity contribution is 5.51. The number of rotatable bonds is 9. The number of hydrogen-bond donors (Lipinski definition) is 1. The van der Waals surface area contributed by atoms with Crippen molar-refractivity contribution in [1.82, 2.24) is 5.32 Å². The molecule has 0 saturated carbocycles. The van der Waals surface area contributed by atoms with Crippen LogP contribution < -0.4 is 5.32 Å². The van der Waals surface area contributed by atoms with Crippen molar-refractivity contribution in [3.05, 3.63) is 0 Å². The Morgan fingerprint density at radius 2 is 1.75 bits per heavy atom. The first-order valence-electron chi connectivity index (χ1n) is 5.06. The summed E-state index contributed by atoms with van der Waals surface area (Å²) in [7, 11) is 0. The topological polar surface area (TPSA) is 29.1 Å². The Hall–Kier alpha value is -0.370. The zero-order valence-corrected chi connectivity index (χ0v) is 8.14. The zero-order chi connectivity index (χ0) is 9.07. The van der Waals surface area contributed by atoms with Crippen LogP contribution in [-0.2, 0) is 4.79 Å². The van der Waals surface area contributed by atoms with Crippen LogP contribution in [0.4, 0.5) is 0 Å². The van der Waals surface area contributed by atoms with Gasteiger partial charge in [-0.3, -0.25) is 0 Å².